The van der Waals surface area contributed by atoms with E-state index in [4.69, 9.17) is 0 Å². The van der Waals surface area contributed by atoms with Crippen LogP contribution in [0.25, 0.3) is 0 Å². The van der Waals surface area contributed by atoms with E-state index in [0.717, 1.165) is 6.07 Å². The molecule has 0 aliphatic heterocycles. The van der Waals surface area contributed by atoms with Gasteiger partial charge in [-0.15, -0.1) is 0 Å². The van der Waals surface area contributed by atoms with Crippen LogP contribution in [0.3, 0.4) is 0 Å². The van der Waals surface area contributed by atoms with Crippen molar-refractivity contribution in [3.8, 4) is 5.75 Å². The van der Waals surface area contributed by atoms with Gasteiger partial charge in [0, 0.05) is 0 Å². The summed E-state index contributed by atoms with van der Waals surface area (Å²) in [5, 5.41) is 0. The molecule has 0 radical (unpaired) electrons. The Morgan fingerprint density at radius 3 is 2.37 bits per heavy atom. The molecule has 1 aromatic rings. The van der Waals surface area contributed by atoms with Crippen LogP contribution < -0.4 is 4.74 Å². The number of esters is 2. The third-order valence-electron chi connectivity index (χ3n) is 1.81. The zero-order chi connectivity index (χ0) is 14.6. The third-order valence-corrected chi connectivity index (χ3v) is 1.81. The van der Waals surface area contributed by atoms with Crippen LogP contribution in [0.4, 0.5) is 17.6 Å². The van der Waals surface area contributed by atoms with Gasteiger partial charge in [-0.1, -0.05) is 6.58 Å². The highest BCUT2D eigenvalue weighted by Gasteiger charge is 2.34. The summed E-state index contributed by atoms with van der Waals surface area (Å²) in [6.45, 7) is 3.00. The van der Waals surface area contributed by atoms with Gasteiger partial charge in [-0.3, -0.25) is 0 Å². The van der Waals surface area contributed by atoms with Gasteiger partial charge in [0.2, 0.25) is 0 Å². The van der Waals surface area contributed by atoms with Crippen molar-refractivity contribution in [3.05, 3.63) is 42.4 Å². The summed E-state index contributed by atoms with van der Waals surface area (Å²) < 4.78 is 58.3. The largest absolute Gasteiger partial charge is 0.427 e. The van der Waals surface area contributed by atoms with Crippen molar-refractivity contribution in [2.24, 2.45) is 0 Å². The van der Waals surface area contributed by atoms with E-state index in [0.29, 0.717) is 12.3 Å². The van der Waals surface area contributed by atoms with E-state index in [1.165, 1.54) is 0 Å². The average molecular weight is 278 g/mol. The fraction of sp³-hybridized carbons (Fsp3) is 0.0909. The van der Waals surface area contributed by atoms with Crippen molar-refractivity contribution >= 4 is 11.9 Å². The van der Waals surface area contributed by atoms with Gasteiger partial charge in [0.25, 0.3) is 0 Å². The molecule has 0 unspecified atom stereocenters. The van der Waals surface area contributed by atoms with Gasteiger partial charge in [-0.25, -0.2) is 14.0 Å². The Bertz CT molecular complexity index is 522. The summed E-state index contributed by atoms with van der Waals surface area (Å²) in [4.78, 5) is 21.9. The van der Waals surface area contributed by atoms with Crippen LogP contribution in [0.1, 0.15) is 5.56 Å². The van der Waals surface area contributed by atoms with Gasteiger partial charge in [-0.05, 0) is 18.2 Å². The SMILES string of the molecule is C=COC(=O)C(=O)Oc1ccc(F)c(C(F)(F)F)c1. The molecule has 0 fully saturated rings. The third kappa shape index (κ3) is 3.80. The van der Waals surface area contributed by atoms with Crippen molar-refractivity contribution in [3.63, 3.8) is 0 Å². The van der Waals surface area contributed by atoms with Gasteiger partial charge in [0.15, 0.2) is 0 Å². The number of hydrogen-bond acceptors (Lipinski definition) is 4. The summed E-state index contributed by atoms with van der Waals surface area (Å²) in [6, 6.07) is 1.49. The maximum absolute atomic E-state index is 12.9. The Labute approximate surface area is 104 Å². The normalized spacial score (nSPS) is 10.7. The number of carbonyl (C=O) groups excluding carboxylic acids is 2. The summed E-state index contributed by atoms with van der Waals surface area (Å²) in [7, 11) is 0. The molecule has 4 nitrogen and oxygen atoms in total. The first-order valence-corrected chi connectivity index (χ1v) is 4.66. The molecule has 1 rings (SSSR count). The highest BCUT2D eigenvalue weighted by molar-refractivity contribution is 6.30. The van der Waals surface area contributed by atoms with E-state index < -0.39 is 35.2 Å². The predicted molar refractivity (Wildman–Crippen MR) is 53.3 cm³/mol. The minimum Gasteiger partial charge on any atom is -0.427 e. The number of alkyl halides is 3. The Kier molecular flexibility index (Phi) is 4.26. The van der Waals surface area contributed by atoms with Crippen LogP contribution in [-0.4, -0.2) is 11.9 Å². The number of carbonyl (C=O) groups is 2. The first-order chi connectivity index (χ1) is 8.75. The number of rotatable bonds is 2. The second-order valence-corrected chi connectivity index (χ2v) is 3.10. The van der Waals surface area contributed by atoms with Crippen LogP contribution in [0.2, 0.25) is 0 Å². The van der Waals surface area contributed by atoms with Crippen LogP contribution in [0.15, 0.2) is 31.0 Å². The first-order valence-electron chi connectivity index (χ1n) is 4.66. The highest BCUT2D eigenvalue weighted by Crippen LogP contribution is 2.33. The molecule has 0 amide bonds. The molecule has 0 aliphatic carbocycles. The molecule has 1 aromatic carbocycles. The Morgan fingerprint density at radius 1 is 1.21 bits per heavy atom. The van der Waals surface area contributed by atoms with E-state index in [-0.39, 0.29) is 6.07 Å². The Balaban J connectivity index is 2.95. The van der Waals surface area contributed by atoms with Crippen LogP contribution in [-0.2, 0) is 20.5 Å². The molecule has 0 saturated carbocycles. The Morgan fingerprint density at radius 2 is 1.84 bits per heavy atom. The standard InChI is InChI=1S/C11H6F4O4/c1-2-18-9(16)10(17)19-6-3-4-8(12)7(5-6)11(13,14)15/h2-5H,1H2. The predicted octanol–water partition coefficient (Wildman–Crippen LogP) is 2.44. The average Bonchev–Trinajstić information content (AvgIpc) is 2.30. The van der Waals surface area contributed by atoms with Crippen LogP contribution >= 0.6 is 0 Å². The van der Waals surface area contributed by atoms with Crippen molar-refractivity contribution < 1.29 is 36.6 Å². The van der Waals surface area contributed by atoms with Gasteiger partial charge >= 0.3 is 18.1 Å². The minimum atomic E-state index is -4.95. The topological polar surface area (TPSA) is 52.6 Å². The molecular formula is C11H6F4O4. The van der Waals surface area contributed by atoms with Gasteiger partial charge in [0.1, 0.15) is 11.6 Å². The van der Waals surface area contributed by atoms with Gasteiger partial charge in [-0.2, -0.15) is 13.2 Å². The summed E-state index contributed by atoms with van der Waals surface area (Å²) in [5.74, 6) is -5.19. The van der Waals surface area contributed by atoms with Crippen LogP contribution in [0, 0.1) is 5.82 Å². The molecule has 0 spiro atoms. The molecule has 8 heteroatoms. The van der Waals surface area contributed by atoms with Crippen molar-refractivity contribution in [1.82, 2.24) is 0 Å². The zero-order valence-electron chi connectivity index (χ0n) is 9.16. The second-order valence-electron chi connectivity index (χ2n) is 3.10. The monoisotopic (exact) mass is 278 g/mol. The van der Waals surface area contributed by atoms with Crippen molar-refractivity contribution in [1.29, 1.82) is 0 Å². The fourth-order valence-electron chi connectivity index (χ4n) is 1.06. The lowest BCUT2D eigenvalue weighted by Gasteiger charge is -2.09. The fourth-order valence-corrected chi connectivity index (χ4v) is 1.06. The van der Waals surface area contributed by atoms with Gasteiger partial charge in [0.05, 0.1) is 11.8 Å². The summed E-state index contributed by atoms with van der Waals surface area (Å²) in [5.41, 5.74) is -1.62. The number of ether oxygens (including phenoxy) is 2. The number of hydrogen-bond donors (Lipinski definition) is 0. The first kappa shape index (κ1) is 14.7. The smallest absolute Gasteiger partial charge is 0.423 e. The second kappa shape index (κ2) is 5.51. The lowest BCUT2D eigenvalue weighted by Crippen LogP contribution is -2.21. The van der Waals surface area contributed by atoms with E-state index in [1.54, 1.807) is 0 Å². The van der Waals surface area contributed by atoms with E-state index in [9.17, 15) is 27.2 Å². The number of halogens is 4. The summed E-state index contributed by atoms with van der Waals surface area (Å²) >= 11 is 0. The molecule has 0 saturated heterocycles. The molecule has 19 heavy (non-hydrogen) atoms. The van der Waals surface area contributed by atoms with Crippen LogP contribution in [0.5, 0.6) is 5.75 Å². The number of benzene rings is 1. The van der Waals surface area contributed by atoms with Crippen molar-refractivity contribution in [2.75, 3.05) is 0 Å². The maximum atomic E-state index is 12.9. The van der Waals surface area contributed by atoms with E-state index >= 15 is 0 Å². The van der Waals surface area contributed by atoms with E-state index in [1.807, 2.05) is 0 Å². The zero-order valence-corrected chi connectivity index (χ0v) is 9.16. The molecule has 0 aromatic heterocycles. The molecule has 0 N–H and O–H groups in total. The van der Waals surface area contributed by atoms with Gasteiger partial charge < -0.3 is 9.47 Å². The maximum Gasteiger partial charge on any atom is 0.423 e. The molecule has 102 valence electrons. The lowest BCUT2D eigenvalue weighted by molar-refractivity contribution is -0.158. The molecule has 0 aliphatic rings. The molecule has 0 heterocycles. The van der Waals surface area contributed by atoms with E-state index in [2.05, 4.69) is 16.1 Å². The molecule has 0 bridgehead atoms. The minimum absolute atomic E-state index is 0.258. The molecular weight excluding hydrogens is 272 g/mol. The highest BCUT2D eigenvalue weighted by atomic mass is 19.4. The van der Waals surface area contributed by atoms with Crippen molar-refractivity contribution in [2.45, 2.75) is 6.18 Å². The quantitative estimate of drug-likeness (QED) is 0.274. The Hall–Kier alpha value is -2.38. The summed E-state index contributed by atoms with van der Waals surface area (Å²) in [6.07, 6.45) is -4.30. The lowest BCUT2D eigenvalue weighted by atomic mass is 10.2. The molecule has 0 atom stereocenters.